The largest absolute Gasteiger partial charge is 0.342 e. The summed E-state index contributed by atoms with van der Waals surface area (Å²) in [6.45, 7) is 11.8. The third kappa shape index (κ3) is 2.91. The number of hydrogen-bond donors (Lipinski definition) is 0. The van der Waals surface area contributed by atoms with E-state index < -0.39 is 0 Å². The van der Waals surface area contributed by atoms with Crippen LogP contribution >= 0.6 is 0 Å². The van der Waals surface area contributed by atoms with E-state index in [-0.39, 0.29) is 5.91 Å². The smallest absolute Gasteiger partial charge is 0.219 e. The molecule has 0 aromatic rings. The molecule has 2 heteroatoms. The first-order valence-electron chi connectivity index (χ1n) is 4.27. The lowest BCUT2D eigenvalue weighted by Gasteiger charge is -2.45. The maximum absolute atomic E-state index is 10.6. The number of hydrogen-bond acceptors (Lipinski definition) is 1. The van der Waals surface area contributed by atoms with E-state index in [9.17, 15) is 4.79 Å². The van der Waals surface area contributed by atoms with Gasteiger partial charge in [-0.25, -0.2) is 0 Å². The molecule has 0 aromatic heterocycles. The van der Waals surface area contributed by atoms with E-state index in [2.05, 4.69) is 13.8 Å². The van der Waals surface area contributed by atoms with E-state index >= 15 is 0 Å². The van der Waals surface area contributed by atoms with Crippen molar-refractivity contribution in [3.05, 3.63) is 0 Å². The molecule has 0 saturated carbocycles. The molecule has 1 heterocycles. The number of likely N-dealkylation sites (tertiary alicyclic amines) is 1. The highest BCUT2D eigenvalue weighted by Crippen LogP contribution is 2.28. The number of nitrogens with zero attached hydrogens (tertiary/aromatic N) is 1. The topological polar surface area (TPSA) is 20.3 Å². The molecule has 0 radical (unpaired) electrons. The quantitative estimate of drug-likeness (QED) is 0.526. The summed E-state index contributed by atoms with van der Waals surface area (Å²) in [6.07, 6.45) is 0. The highest BCUT2D eigenvalue weighted by atomic mass is 16.2. The Morgan fingerprint density at radius 1 is 1.27 bits per heavy atom. The zero-order valence-corrected chi connectivity index (χ0v) is 8.27. The van der Waals surface area contributed by atoms with Crippen molar-refractivity contribution in [2.45, 2.75) is 34.6 Å². The SMILES string of the molecule is CC.CC(=O)N1CC(C)(C)C1. The van der Waals surface area contributed by atoms with Gasteiger partial charge in [0, 0.05) is 20.0 Å². The molecule has 0 spiro atoms. The number of amides is 1. The maximum atomic E-state index is 10.6. The van der Waals surface area contributed by atoms with Crippen LogP contribution in [0.15, 0.2) is 0 Å². The van der Waals surface area contributed by atoms with E-state index in [4.69, 9.17) is 0 Å². The minimum absolute atomic E-state index is 0.203. The normalized spacial score (nSPS) is 19.5. The second kappa shape index (κ2) is 3.74. The van der Waals surface area contributed by atoms with Gasteiger partial charge in [-0.05, 0) is 5.41 Å². The van der Waals surface area contributed by atoms with E-state index in [0.717, 1.165) is 13.1 Å². The van der Waals surface area contributed by atoms with Crippen LogP contribution < -0.4 is 0 Å². The molecule has 0 aromatic carbocycles. The van der Waals surface area contributed by atoms with E-state index in [1.54, 1.807) is 6.92 Å². The lowest BCUT2D eigenvalue weighted by molar-refractivity contribution is -0.138. The molecule has 66 valence electrons. The average Bonchev–Trinajstić information content (AvgIpc) is 1.87. The van der Waals surface area contributed by atoms with Crippen molar-refractivity contribution in [1.82, 2.24) is 4.90 Å². The monoisotopic (exact) mass is 157 g/mol. The molecule has 0 aliphatic carbocycles. The third-order valence-electron chi connectivity index (χ3n) is 1.68. The second-order valence-electron chi connectivity index (χ2n) is 3.54. The van der Waals surface area contributed by atoms with E-state index in [1.165, 1.54) is 0 Å². The lowest BCUT2D eigenvalue weighted by atomic mass is 9.84. The molecule has 0 bridgehead atoms. The van der Waals surface area contributed by atoms with Gasteiger partial charge >= 0.3 is 0 Å². The highest BCUT2D eigenvalue weighted by Gasteiger charge is 2.35. The molecule has 1 aliphatic heterocycles. The Morgan fingerprint density at radius 3 is 1.73 bits per heavy atom. The van der Waals surface area contributed by atoms with Crippen LogP contribution in [-0.2, 0) is 4.79 Å². The Hall–Kier alpha value is -0.530. The summed E-state index contributed by atoms with van der Waals surface area (Å²) in [6, 6.07) is 0. The zero-order valence-electron chi connectivity index (χ0n) is 8.27. The van der Waals surface area contributed by atoms with Gasteiger partial charge in [0.05, 0.1) is 0 Å². The van der Waals surface area contributed by atoms with Crippen molar-refractivity contribution in [1.29, 1.82) is 0 Å². The van der Waals surface area contributed by atoms with E-state index in [0.29, 0.717) is 5.41 Å². The molecule has 0 N–H and O–H groups in total. The molecule has 2 nitrogen and oxygen atoms in total. The molecular weight excluding hydrogens is 138 g/mol. The first kappa shape index (κ1) is 10.5. The Morgan fingerprint density at radius 2 is 1.64 bits per heavy atom. The summed E-state index contributed by atoms with van der Waals surface area (Å²) in [5, 5.41) is 0. The van der Waals surface area contributed by atoms with Gasteiger partial charge in [0.1, 0.15) is 0 Å². The van der Waals surface area contributed by atoms with Crippen LogP contribution in [0, 0.1) is 5.41 Å². The standard InChI is InChI=1S/C7H13NO.C2H6/c1-6(9)8-4-7(2,3)5-8;1-2/h4-5H2,1-3H3;1-2H3. The van der Waals surface area contributed by atoms with Crippen molar-refractivity contribution in [3.63, 3.8) is 0 Å². The average molecular weight is 157 g/mol. The van der Waals surface area contributed by atoms with Crippen LogP contribution in [0.2, 0.25) is 0 Å². The molecule has 1 saturated heterocycles. The van der Waals surface area contributed by atoms with Crippen LogP contribution in [-0.4, -0.2) is 23.9 Å². The Kier molecular flexibility index (Phi) is 3.56. The summed E-state index contributed by atoms with van der Waals surface area (Å²) in [5.41, 5.74) is 0.381. The molecule has 1 fully saturated rings. The molecule has 11 heavy (non-hydrogen) atoms. The minimum atomic E-state index is 0.203. The van der Waals surface area contributed by atoms with Crippen molar-refractivity contribution in [2.24, 2.45) is 5.41 Å². The van der Waals surface area contributed by atoms with Gasteiger partial charge in [0.25, 0.3) is 0 Å². The fourth-order valence-corrected chi connectivity index (χ4v) is 1.21. The first-order chi connectivity index (χ1) is 5.01. The Labute approximate surface area is 69.6 Å². The van der Waals surface area contributed by atoms with E-state index in [1.807, 2.05) is 18.7 Å². The minimum Gasteiger partial charge on any atom is -0.342 e. The number of carbonyl (C=O) groups is 1. The van der Waals surface area contributed by atoms with Crippen LogP contribution in [0.1, 0.15) is 34.6 Å². The fourth-order valence-electron chi connectivity index (χ4n) is 1.21. The molecule has 1 aliphatic rings. The van der Waals surface area contributed by atoms with Gasteiger partial charge in [-0.1, -0.05) is 27.7 Å². The summed E-state index contributed by atoms with van der Waals surface area (Å²) in [7, 11) is 0. The number of carbonyl (C=O) groups excluding carboxylic acids is 1. The highest BCUT2D eigenvalue weighted by molar-refractivity contribution is 5.74. The predicted octanol–water partition coefficient (Wildman–Crippen LogP) is 1.90. The van der Waals surface area contributed by atoms with Crippen molar-refractivity contribution in [3.8, 4) is 0 Å². The van der Waals surface area contributed by atoms with Crippen molar-refractivity contribution >= 4 is 5.91 Å². The van der Waals surface area contributed by atoms with Crippen molar-refractivity contribution < 1.29 is 4.79 Å². The van der Waals surface area contributed by atoms with Crippen LogP contribution in [0.5, 0.6) is 0 Å². The molecular formula is C9H19NO. The second-order valence-corrected chi connectivity index (χ2v) is 3.54. The molecule has 0 atom stereocenters. The molecule has 1 rings (SSSR count). The summed E-state index contributed by atoms with van der Waals surface area (Å²) >= 11 is 0. The summed E-state index contributed by atoms with van der Waals surface area (Å²) < 4.78 is 0. The Bertz CT molecular complexity index is 132. The van der Waals surface area contributed by atoms with Gasteiger partial charge in [-0.15, -0.1) is 0 Å². The molecule has 1 amide bonds. The van der Waals surface area contributed by atoms with Gasteiger partial charge in [0.2, 0.25) is 5.91 Å². The number of rotatable bonds is 0. The van der Waals surface area contributed by atoms with Crippen LogP contribution in [0.4, 0.5) is 0 Å². The van der Waals surface area contributed by atoms with Gasteiger partial charge in [-0.3, -0.25) is 4.79 Å². The van der Waals surface area contributed by atoms with Gasteiger partial charge in [-0.2, -0.15) is 0 Å². The maximum Gasteiger partial charge on any atom is 0.219 e. The van der Waals surface area contributed by atoms with Gasteiger partial charge < -0.3 is 4.90 Å². The van der Waals surface area contributed by atoms with Crippen LogP contribution in [0.3, 0.4) is 0 Å². The third-order valence-corrected chi connectivity index (χ3v) is 1.68. The summed E-state index contributed by atoms with van der Waals surface area (Å²) in [4.78, 5) is 12.5. The first-order valence-corrected chi connectivity index (χ1v) is 4.27. The summed E-state index contributed by atoms with van der Waals surface area (Å²) in [5.74, 6) is 0.203. The van der Waals surface area contributed by atoms with Gasteiger partial charge in [0.15, 0.2) is 0 Å². The van der Waals surface area contributed by atoms with Crippen molar-refractivity contribution in [2.75, 3.05) is 13.1 Å². The predicted molar refractivity (Wildman–Crippen MR) is 47.4 cm³/mol. The lowest BCUT2D eigenvalue weighted by Crippen LogP contribution is -2.54. The fraction of sp³-hybridized carbons (Fsp3) is 0.889. The zero-order chi connectivity index (χ0) is 9.07. The Balaban J connectivity index is 0.000000461. The molecule has 0 unspecified atom stereocenters. The van der Waals surface area contributed by atoms with Crippen LogP contribution in [0.25, 0.3) is 0 Å².